The highest BCUT2D eigenvalue weighted by Crippen LogP contribution is 2.30. The Morgan fingerprint density at radius 1 is 1.60 bits per heavy atom. The first-order chi connectivity index (χ1) is 7.10. The van der Waals surface area contributed by atoms with Crippen molar-refractivity contribution in [2.75, 3.05) is 20.3 Å². The maximum absolute atomic E-state index is 10.5. The maximum atomic E-state index is 10.5. The van der Waals surface area contributed by atoms with Gasteiger partial charge in [0.2, 0.25) is 0 Å². The molecule has 1 aliphatic rings. The van der Waals surface area contributed by atoms with Gasteiger partial charge in [-0.15, -0.1) is 0 Å². The summed E-state index contributed by atoms with van der Waals surface area (Å²) in [5.74, 6) is -1.02. The van der Waals surface area contributed by atoms with Crippen molar-refractivity contribution in [1.82, 2.24) is 0 Å². The monoisotopic (exact) mass is 218 g/mol. The summed E-state index contributed by atoms with van der Waals surface area (Å²) in [6.45, 7) is 0.793. The molecule has 2 atom stereocenters. The fourth-order valence-electron chi connectivity index (χ4n) is 1.94. The van der Waals surface area contributed by atoms with E-state index in [1.165, 1.54) is 7.11 Å². The summed E-state index contributed by atoms with van der Waals surface area (Å²) in [4.78, 5) is 10.5. The van der Waals surface area contributed by atoms with Crippen LogP contribution in [0.15, 0.2) is 0 Å². The highest BCUT2D eigenvalue weighted by atomic mass is 16.5. The Kier molecular flexibility index (Phi) is 4.50. The minimum atomic E-state index is -1.02. The predicted molar refractivity (Wildman–Crippen MR) is 52.7 cm³/mol. The number of hydrogen-bond acceptors (Lipinski definition) is 4. The number of aliphatic hydroxyl groups is 1. The van der Waals surface area contributed by atoms with Crippen LogP contribution in [0.2, 0.25) is 0 Å². The average molecular weight is 218 g/mol. The molecule has 0 aliphatic carbocycles. The predicted octanol–water partition coefficient (Wildman–Crippen LogP) is 0.408. The molecule has 0 radical (unpaired) electrons. The smallest absolute Gasteiger partial charge is 0.306 e. The van der Waals surface area contributed by atoms with E-state index in [9.17, 15) is 9.90 Å². The van der Waals surface area contributed by atoms with Crippen molar-refractivity contribution in [3.63, 3.8) is 0 Å². The molecule has 0 spiro atoms. The summed E-state index contributed by atoms with van der Waals surface area (Å²) < 4.78 is 10.5. The maximum Gasteiger partial charge on any atom is 0.306 e. The van der Waals surface area contributed by atoms with E-state index in [0.29, 0.717) is 13.0 Å². The lowest BCUT2D eigenvalue weighted by atomic mass is 9.87. The standard InChI is InChI=1S/C10H18O5/c1-14-7-10(4-2-3-5-15-10)8(11)6-9(12)13/h8,11H,2-7H2,1H3,(H,12,13). The summed E-state index contributed by atoms with van der Waals surface area (Å²) in [6, 6.07) is 0. The van der Waals surface area contributed by atoms with Gasteiger partial charge in [0.1, 0.15) is 5.60 Å². The van der Waals surface area contributed by atoms with Crippen LogP contribution in [0, 0.1) is 0 Å². The lowest BCUT2D eigenvalue weighted by Crippen LogP contribution is -2.51. The van der Waals surface area contributed by atoms with E-state index in [1.807, 2.05) is 0 Å². The number of aliphatic carboxylic acids is 1. The fraction of sp³-hybridized carbons (Fsp3) is 0.900. The van der Waals surface area contributed by atoms with Crippen molar-refractivity contribution in [2.45, 2.75) is 37.4 Å². The first-order valence-corrected chi connectivity index (χ1v) is 5.13. The first kappa shape index (κ1) is 12.4. The van der Waals surface area contributed by atoms with Gasteiger partial charge in [0.15, 0.2) is 0 Å². The van der Waals surface area contributed by atoms with Crippen LogP contribution >= 0.6 is 0 Å². The summed E-state index contributed by atoms with van der Waals surface area (Å²) >= 11 is 0. The third-order valence-electron chi connectivity index (χ3n) is 2.75. The lowest BCUT2D eigenvalue weighted by Gasteiger charge is -2.39. The molecule has 0 aromatic carbocycles. The van der Waals surface area contributed by atoms with Crippen LogP contribution < -0.4 is 0 Å². The molecule has 5 nitrogen and oxygen atoms in total. The molecule has 1 aliphatic heterocycles. The van der Waals surface area contributed by atoms with E-state index < -0.39 is 17.7 Å². The molecular weight excluding hydrogens is 200 g/mol. The van der Waals surface area contributed by atoms with Crippen LogP contribution in [0.25, 0.3) is 0 Å². The first-order valence-electron chi connectivity index (χ1n) is 5.13. The Morgan fingerprint density at radius 2 is 2.33 bits per heavy atom. The minimum absolute atomic E-state index is 0.238. The van der Waals surface area contributed by atoms with Gasteiger partial charge in [-0.2, -0.15) is 0 Å². The van der Waals surface area contributed by atoms with Crippen LogP contribution in [0.3, 0.4) is 0 Å². The molecule has 5 heteroatoms. The van der Waals surface area contributed by atoms with E-state index in [1.54, 1.807) is 0 Å². The Bertz CT molecular complexity index is 204. The third kappa shape index (κ3) is 3.15. The number of aliphatic hydroxyl groups excluding tert-OH is 1. The van der Waals surface area contributed by atoms with E-state index in [0.717, 1.165) is 12.8 Å². The van der Waals surface area contributed by atoms with Crippen LogP contribution in [-0.2, 0) is 14.3 Å². The molecule has 1 rings (SSSR count). The SMILES string of the molecule is COCC1(C(O)CC(=O)O)CCCCO1. The van der Waals surface area contributed by atoms with Crippen molar-refractivity contribution in [1.29, 1.82) is 0 Å². The molecule has 0 aromatic heterocycles. The van der Waals surface area contributed by atoms with Gasteiger partial charge in [-0.25, -0.2) is 0 Å². The van der Waals surface area contributed by atoms with Crippen molar-refractivity contribution in [2.24, 2.45) is 0 Å². The second-order valence-electron chi connectivity index (χ2n) is 3.92. The van der Waals surface area contributed by atoms with Gasteiger partial charge in [0, 0.05) is 13.7 Å². The van der Waals surface area contributed by atoms with Gasteiger partial charge < -0.3 is 19.7 Å². The molecule has 1 heterocycles. The molecule has 2 N–H and O–H groups in total. The molecule has 1 saturated heterocycles. The minimum Gasteiger partial charge on any atom is -0.481 e. The van der Waals surface area contributed by atoms with E-state index in [-0.39, 0.29) is 13.0 Å². The van der Waals surface area contributed by atoms with Crippen LogP contribution in [0.4, 0.5) is 0 Å². The van der Waals surface area contributed by atoms with E-state index >= 15 is 0 Å². The van der Waals surface area contributed by atoms with Crippen LogP contribution in [0.5, 0.6) is 0 Å². The van der Waals surface area contributed by atoms with Gasteiger partial charge in [-0.3, -0.25) is 4.79 Å². The highest BCUT2D eigenvalue weighted by molar-refractivity contribution is 5.67. The van der Waals surface area contributed by atoms with Gasteiger partial charge in [0.25, 0.3) is 0 Å². The van der Waals surface area contributed by atoms with Gasteiger partial charge in [0.05, 0.1) is 19.1 Å². The Balaban J connectivity index is 2.65. The van der Waals surface area contributed by atoms with Crippen molar-refractivity contribution in [3.8, 4) is 0 Å². The van der Waals surface area contributed by atoms with E-state index in [2.05, 4.69) is 0 Å². The van der Waals surface area contributed by atoms with Crippen molar-refractivity contribution >= 4 is 5.97 Å². The number of hydrogen-bond donors (Lipinski definition) is 2. The number of methoxy groups -OCH3 is 1. The highest BCUT2D eigenvalue weighted by Gasteiger charge is 2.41. The zero-order chi connectivity index (χ0) is 11.3. The second kappa shape index (κ2) is 5.44. The summed E-state index contributed by atoms with van der Waals surface area (Å²) in [5, 5.41) is 18.5. The molecular formula is C10H18O5. The topological polar surface area (TPSA) is 76.0 Å². The third-order valence-corrected chi connectivity index (χ3v) is 2.75. The molecule has 1 fully saturated rings. The van der Waals surface area contributed by atoms with Gasteiger partial charge in [-0.1, -0.05) is 0 Å². The molecule has 0 aromatic rings. The van der Waals surface area contributed by atoms with E-state index in [4.69, 9.17) is 14.6 Å². The Morgan fingerprint density at radius 3 is 2.80 bits per heavy atom. The second-order valence-corrected chi connectivity index (χ2v) is 3.92. The number of carboxylic acids is 1. The summed E-state index contributed by atoms with van der Waals surface area (Å²) in [6.07, 6.45) is 1.22. The molecule has 0 bridgehead atoms. The number of rotatable bonds is 5. The number of carboxylic acid groups (broad SMARTS) is 1. The molecule has 15 heavy (non-hydrogen) atoms. The molecule has 0 amide bonds. The molecule has 2 unspecified atom stereocenters. The van der Waals surface area contributed by atoms with Gasteiger partial charge in [-0.05, 0) is 19.3 Å². The number of carbonyl (C=O) groups is 1. The quantitative estimate of drug-likeness (QED) is 0.699. The van der Waals surface area contributed by atoms with Gasteiger partial charge >= 0.3 is 5.97 Å². The molecule has 0 saturated carbocycles. The Hall–Kier alpha value is -0.650. The lowest BCUT2D eigenvalue weighted by molar-refractivity contribution is -0.181. The van der Waals surface area contributed by atoms with Crippen molar-refractivity contribution in [3.05, 3.63) is 0 Å². The fourth-order valence-corrected chi connectivity index (χ4v) is 1.94. The molecule has 88 valence electrons. The summed E-state index contributed by atoms with van der Waals surface area (Å²) in [5.41, 5.74) is -0.828. The largest absolute Gasteiger partial charge is 0.481 e. The zero-order valence-electron chi connectivity index (χ0n) is 8.94. The van der Waals surface area contributed by atoms with Crippen LogP contribution in [0.1, 0.15) is 25.7 Å². The van der Waals surface area contributed by atoms with Crippen molar-refractivity contribution < 1.29 is 24.5 Å². The zero-order valence-corrected chi connectivity index (χ0v) is 8.94. The summed E-state index contributed by atoms with van der Waals surface area (Å²) in [7, 11) is 1.52. The normalized spacial score (nSPS) is 28.7. The number of ether oxygens (including phenoxy) is 2. The Labute approximate surface area is 89.0 Å². The average Bonchev–Trinajstić information content (AvgIpc) is 2.18. The van der Waals surface area contributed by atoms with Crippen LogP contribution in [-0.4, -0.2) is 48.2 Å².